The molecular weight excluding hydrogens is 512 g/mol. The highest BCUT2D eigenvalue weighted by atomic mass is 32.2. The van der Waals surface area contributed by atoms with Gasteiger partial charge in [0.05, 0.1) is 16.2 Å². The third-order valence-electron chi connectivity index (χ3n) is 6.93. The van der Waals surface area contributed by atoms with Gasteiger partial charge in [0.2, 0.25) is 11.8 Å². The summed E-state index contributed by atoms with van der Waals surface area (Å²) in [4.78, 5) is 20.9. The maximum Gasteiger partial charge on any atom is 0.335 e. The van der Waals surface area contributed by atoms with Gasteiger partial charge in [-0.15, -0.1) is 0 Å². The molecule has 2 atom stereocenters. The Balaban J connectivity index is 1.62. The molecule has 0 saturated heterocycles. The number of ether oxygens (including phenoxy) is 1. The average Bonchev–Trinajstić information content (AvgIpc) is 3.40. The van der Waals surface area contributed by atoms with Gasteiger partial charge in [0.1, 0.15) is 6.61 Å². The SMILES string of the molecule is Cc1cccc(C)c1-c1cc(OCC(CC(C)C)NC2CCCC2)nc(NS(=O)c2cccc(C(=O)O)c2)n1. The standard InChI is InChI=1S/C30H38N4O4S/c1-19(2)15-24(31-23-12-5-6-13-23)18-38-27-17-26(28-20(3)9-7-10-21(28)4)32-30(33-27)34-39(37)25-14-8-11-22(16-25)29(35)36/h7-11,14,16-17,19,23-24,31H,5-6,12-13,15,18H2,1-4H3,(H,35,36)(H,32,33,34). The summed E-state index contributed by atoms with van der Waals surface area (Å²) in [5, 5.41) is 13.1. The minimum Gasteiger partial charge on any atom is -0.478 e. The molecule has 39 heavy (non-hydrogen) atoms. The molecule has 1 aromatic heterocycles. The fourth-order valence-corrected chi connectivity index (χ4v) is 5.95. The van der Waals surface area contributed by atoms with E-state index >= 15 is 0 Å². The normalized spacial score (nSPS) is 15.3. The zero-order valence-electron chi connectivity index (χ0n) is 23.1. The smallest absolute Gasteiger partial charge is 0.335 e. The third kappa shape index (κ3) is 7.86. The molecule has 0 spiro atoms. The lowest BCUT2D eigenvalue weighted by atomic mass is 10.00. The number of aromatic nitrogens is 2. The van der Waals surface area contributed by atoms with Crippen LogP contribution in [0, 0.1) is 19.8 Å². The number of hydrogen-bond acceptors (Lipinski definition) is 6. The number of aryl methyl sites for hydroxylation is 2. The number of aromatic carboxylic acids is 1. The van der Waals surface area contributed by atoms with Gasteiger partial charge in [-0.1, -0.05) is 51.0 Å². The Kier molecular flexibility index (Phi) is 9.69. The quantitative estimate of drug-likeness (QED) is 0.257. The zero-order valence-corrected chi connectivity index (χ0v) is 23.9. The van der Waals surface area contributed by atoms with Crippen molar-refractivity contribution in [3.05, 3.63) is 65.2 Å². The molecule has 0 amide bonds. The largest absolute Gasteiger partial charge is 0.478 e. The lowest BCUT2D eigenvalue weighted by Crippen LogP contribution is -2.41. The van der Waals surface area contributed by atoms with Crippen molar-refractivity contribution < 1.29 is 18.8 Å². The summed E-state index contributed by atoms with van der Waals surface area (Å²) in [6.45, 7) is 8.93. The van der Waals surface area contributed by atoms with E-state index in [4.69, 9.17) is 4.74 Å². The van der Waals surface area contributed by atoms with Crippen molar-refractivity contribution in [2.24, 2.45) is 5.92 Å². The minimum atomic E-state index is -1.77. The molecule has 0 aliphatic heterocycles. The van der Waals surface area contributed by atoms with Gasteiger partial charge in [0, 0.05) is 23.7 Å². The summed E-state index contributed by atoms with van der Waals surface area (Å²) in [5.74, 6) is -0.0268. The number of carboxylic acid groups (broad SMARTS) is 1. The Morgan fingerprint density at radius 1 is 1.08 bits per heavy atom. The second kappa shape index (κ2) is 13.2. The van der Waals surface area contributed by atoms with Gasteiger partial charge < -0.3 is 15.2 Å². The van der Waals surface area contributed by atoms with E-state index in [1.54, 1.807) is 12.1 Å². The fraction of sp³-hybridized carbons (Fsp3) is 0.433. The predicted molar refractivity (Wildman–Crippen MR) is 155 cm³/mol. The van der Waals surface area contributed by atoms with Gasteiger partial charge in [-0.3, -0.25) is 4.72 Å². The van der Waals surface area contributed by atoms with Crippen LogP contribution < -0.4 is 14.8 Å². The molecule has 2 unspecified atom stereocenters. The summed E-state index contributed by atoms with van der Waals surface area (Å²) in [5.41, 5.74) is 3.80. The second-order valence-electron chi connectivity index (χ2n) is 10.7. The fourth-order valence-electron chi connectivity index (χ4n) is 5.14. The summed E-state index contributed by atoms with van der Waals surface area (Å²) in [6.07, 6.45) is 5.91. The van der Waals surface area contributed by atoms with Gasteiger partial charge in [0.15, 0.2) is 11.0 Å². The first-order valence-corrected chi connectivity index (χ1v) is 14.7. The third-order valence-corrected chi connectivity index (χ3v) is 7.98. The molecule has 0 bridgehead atoms. The zero-order chi connectivity index (χ0) is 27.9. The highest BCUT2D eigenvalue weighted by molar-refractivity contribution is 7.86. The number of anilines is 1. The van der Waals surface area contributed by atoms with Crippen LogP contribution in [0.15, 0.2) is 53.4 Å². The summed E-state index contributed by atoms with van der Waals surface area (Å²) < 4.78 is 22.3. The van der Waals surface area contributed by atoms with E-state index in [9.17, 15) is 14.1 Å². The number of nitrogens with zero attached hydrogens (tertiary/aromatic N) is 2. The van der Waals surface area contributed by atoms with Crippen LogP contribution in [0.25, 0.3) is 11.3 Å². The number of benzene rings is 2. The van der Waals surface area contributed by atoms with E-state index in [1.807, 2.05) is 38.1 Å². The highest BCUT2D eigenvalue weighted by Gasteiger charge is 2.21. The average molecular weight is 551 g/mol. The monoisotopic (exact) mass is 550 g/mol. The molecule has 8 nitrogen and oxygen atoms in total. The van der Waals surface area contributed by atoms with Crippen molar-refractivity contribution in [1.82, 2.24) is 15.3 Å². The molecule has 2 aromatic carbocycles. The Morgan fingerprint density at radius 3 is 2.44 bits per heavy atom. The molecule has 1 aliphatic rings. The van der Waals surface area contributed by atoms with Crippen molar-refractivity contribution in [3.8, 4) is 17.1 Å². The molecule has 1 saturated carbocycles. The number of hydrogen-bond donors (Lipinski definition) is 3. The molecule has 3 aromatic rings. The van der Waals surface area contributed by atoms with Crippen molar-refractivity contribution in [1.29, 1.82) is 0 Å². The second-order valence-corrected chi connectivity index (χ2v) is 11.9. The first-order chi connectivity index (χ1) is 18.7. The van der Waals surface area contributed by atoms with E-state index in [2.05, 4.69) is 33.9 Å². The van der Waals surface area contributed by atoms with Crippen molar-refractivity contribution in [3.63, 3.8) is 0 Å². The number of carbonyl (C=O) groups is 1. The number of nitrogens with one attached hydrogen (secondary N) is 2. The summed E-state index contributed by atoms with van der Waals surface area (Å²) in [7, 11) is -1.77. The van der Waals surface area contributed by atoms with Gasteiger partial charge in [-0.05, 0) is 68.4 Å². The molecular formula is C30H38N4O4S. The van der Waals surface area contributed by atoms with Gasteiger partial charge >= 0.3 is 5.97 Å². The molecule has 208 valence electrons. The lowest BCUT2D eigenvalue weighted by molar-refractivity contribution is 0.0696. The molecule has 1 heterocycles. The minimum absolute atomic E-state index is 0.0582. The summed E-state index contributed by atoms with van der Waals surface area (Å²) in [6, 6.07) is 14.6. The molecule has 0 radical (unpaired) electrons. The number of rotatable bonds is 12. The van der Waals surface area contributed by atoms with Crippen molar-refractivity contribution >= 4 is 22.9 Å². The molecule has 9 heteroatoms. The summed E-state index contributed by atoms with van der Waals surface area (Å²) >= 11 is 0. The first kappa shape index (κ1) is 28.7. The van der Waals surface area contributed by atoms with Gasteiger partial charge in [-0.25, -0.2) is 14.0 Å². The van der Waals surface area contributed by atoms with Crippen molar-refractivity contribution in [2.45, 2.75) is 76.8 Å². The molecule has 1 fully saturated rings. The Morgan fingerprint density at radius 2 is 1.77 bits per heavy atom. The van der Waals surface area contributed by atoms with Crippen LogP contribution in [0.5, 0.6) is 5.88 Å². The van der Waals surface area contributed by atoms with Gasteiger partial charge in [0.25, 0.3) is 0 Å². The molecule has 3 N–H and O–H groups in total. The Labute approximate surface area is 233 Å². The van der Waals surface area contributed by atoms with E-state index in [0.29, 0.717) is 35.0 Å². The number of carboxylic acids is 1. The molecule has 4 rings (SSSR count). The van der Waals surface area contributed by atoms with Crippen LogP contribution in [-0.2, 0) is 11.0 Å². The van der Waals surface area contributed by atoms with Crippen LogP contribution in [-0.4, -0.2) is 43.9 Å². The van der Waals surface area contributed by atoms with E-state index in [1.165, 1.54) is 37.8 Å². The topological polar surface area (TPSA) is 113 Å². The predicted octanol–water partition coefficient (Wildman–Crippen LogP) is 5.92. The maximum absolute atomic E-state index is 13.1. The van der Waals surface area contributed by atoms with Crippen LogP contribution in [0.1, 0.15) is 67.4 Å². The van der Waals surface area contributed by atoms with Crippen LogP contribution in [0.4, 0.5) is 5.95 Å². The van der Waals surface area contributed by atoms with Crippen LogP contribution >= 0.6 is 0 Å². The van der Waals surface area contributed by atoms with Crippen LogP contribution in [0.2, 0.25) is 0 Å². The maximum atomic E-state index is 13.1. The Hall–Kier alpha value is -3.30. The van der Waals surface area contributed by atoms with Crippen molar-refractivity contribution in [2.75, 3.05) is 11.3 Å². The first-order valence-electron chi connectivity index (χ1n) is 13.6. The Bertz CT molecular complexity index is 1300. The van der Waals surface area contributed by atoms with E-state index in [0.717, 1.165) is 23.1 Å². The molecule has 1 aliphatic carbocycles. The lowest BCUT2D eigenvalue weighted by Gasteiger charge is -2.24. The van der Waals surface area contributed by atoms with E-state index < -0.39 is 17.0 Å². The van der Waals surface area contributed by atoms with Crippen LogP contribution in [0.3, 0.4) is 0 Å². The van der Waals surface area contributed by atoms with Gasteiger partial charge in [-0.2, -0.15) is 4.98 Å². The van der Waals surface area contributed by atoms with E-state index in [-0.39, 0.29) is 17.6 Å². The highest BCUT2D eigenvalue weighted by Crippen LogP contribution is 2.29.